The highest BCUT2D eigenvalue weighted by molar-refractivity contribution is 5.78. The fourth-order valence-corrected chi connectivity index (χ4v) is 1.69. The van der Waals surface area contributed by atoms with Crippen LogP contribution in [0.3, 0.4) is 0 Å². The molecule has 3 nitrogen and oxygen atoms in total. The normalized spacial score (nSPS) is 8.39. The van der Waals surface area contributed by atoms with Gasteiger partial charge in [-0.2, -0.15) is 0 Å². The van der Waals surface area contributed by atoms with Crippen molar-refractivity contribution < 1.29 is 6.22 Å². The number of amides is 1. The zero-order chi connectivity index (χ0) is 16.8. The Labute approximate surface area is 143 Å². The summed E-state index contributed by atoms with van der Waals surface area (Å²) in [5.74, 6) is 0.0520. The highest BCUT2D eigenvalue weighted by Crippen LogP contribution is 2.00. The van der Waals surface area contributed by atoms with Gasteiger partial charge in [0.25, 0.3) is 0 Å². The summed E-state index contributed by atoms with van der Waals surface area (Å²) < 4.78 is 0. The second-order valence-electron chi connectivity index (χ2n) is 4.49. The van der Waals surface area contributed by atoms with Crippen molar-refractivity contribution in [3.8, 4) is 0 Å². The minimum absolute atomic E-state index is 0. The molecule has 1 aromatic heterocycles. The van der Waals surface area contributed by atoms with Gasteiger partial charge in [0.15, 0.2) is 0 Å². The van der Waals surface area contributed by atoms with E-state index in [1.165, 1.54) is 5.56 Å². The van der Waals surface area contributed by atoms with Crippen LogP contribution in [0.2, 0.25) is 0 Å². The summed E-state index contributed by atoms with van der Waals surface area (Å²) in [7, 11) is 1.64. The van der Waals surface area contributed by atoms with Crippen LogP contribution in [0.15, 0.2) is 48.7 Å². The molecular weight excluding hydrogens is 284 g/mol. The number of nitrogens with one attached hydrogen (secondary N) is 1. The van der Waals surface area contributed by atoms with Crippen LogP contribution in [-0.2, 0) is 17.6 Å². The van der Waals surface area contributed by atoms with Crippen molar-refractivity contribution >= 4 is 5.91 Å². The molecule has 0 spiro atoms. The summed E-state index contributed by atoms with van der Waals surface area (Å²) in [6, 6.07) is 13.8. The molecule has 1 aromatic carbocycles. The van der Waals surface area contributed by atoms with Crippen molar-refractivity contribution in [3.05, 3.63) is 65.5 Å². The van der Waals surface area contributed by atoms with E-state index in [0.29, 0.717) is 6.42 Å². The number of aryl methyl sites for hydroxylation is 2. The maximum atomic E-state index is 10.9. The molecule has 1 heterocycles. The van der Waals surface area contributed by atoms with Crippen molar-refractivity contribution in [1.29, 1.82) is 0 Å². The molecule has 0 fully saturated rings. The number of aromatic nitrogens is 1. The van der Waals surface area contributed by atoms with E-state index >= 15 is 0 Å². The number of hydrogen-bond donors (Lipinski definition) is 1. The van der Waals surface area contributed by atoms with E-state index in [1.807, 2.05) is 63.4 Å². The number of likely N-dealkylation sites (N-methyl/N-ethyl adjacent to an activating group) is 1. The molecular formula is C20H34N2O. The highest BCUT2D eigenvalue weighted by atomic mass is 16.1. The molecule has 3 heteroatoms. The number of benzene rings is 1. The first-order valence-electron chi connectivity index (χ1n) is 7.81. The third-order valence-electron chi connectivity index (χ3n) is 2.86. The van der Waals surface area contributed by atoms with Gasteiger partial charge in [-0.25, -0.2) is 0 Å². The summed E-state index contributed by atoms with van der Waals surface area (Å²) in [4.78, 5) is 15.0. The molecule has 2 aromatic rings. The molecule has 1 amide bonds. The molecule has 130 valence electrons. The number of pyridine rings is 1. The number of rotatable bonds is 3. The Balaban J connectivity index is -0.000000313. The smallest absolute Gasteiger partial charge is 0.224 e. The minimum atomic E-state index is 0. The Morgan fingerprint density at radius 1 is 1.13 bits per heavy atom. The summed E-state index contributed by atoms with van der Waals surface area (Å²) in [5, 5.41) is 2.57. The SMILES string of the molecule is C.CC.CCc1ccnc(C)c1.CNC(=O)Cc1ccccc1.[2HH]. The average molecular weight is 320 g/mol. The Bertz CT molecular complexity index is 530. The highest BCUT2D eigenvalue weighted by Gasteiger charge is 1.97. The quantitative estimate of drug-likeness (QED) is 0.880. The van der Waals surface area contributed by atoms with Crippen LogP contribution in [0, 0.1) is 6.92 Å². The first kappa shape index (κ1) is 23.1. The molecule has 0 aliphatic heterocycles. The maximum absolute atomic E-state index is 10.9. The number of carbonyl (C=O) groups excluding carboxylic acids is 1. The monoisotopic (exact) mass is 319 g/mol. The lowest BCUT2D eigenvalue weighted by Crippen LogP contribution is -2.19. The molecule has 0 radical (unpaired) electrons. The zero-order valence-electron chi connectivity index (χ0n) is 14.4. The van der Waals surface area contributed by atoms with Crippen LogP contribution >= 0.6 is 0 Å². The molecule has 0 aliphatic carbocycles. The summed E-state index contributed by atoms with van der Waals surface area (Å²) in [5.41, 5.74) is 3.52. The van der Waals surface area contributed by atoms with Crippen LogP contribution in [0.25, 0.3) is 0 Å². The van der Waals surface area contributed by atoms with Gasteiger partial charge in [-0.3, -0.25) is 9.78 Å². The topological polar surface area (TPSA) is 42.0 Å². The molecule has 2 rings (SSSR count). The Hall–Kier alpha value is -2.16. The predicted octanol–water partition coefficient (Wildman–Crippen LogP) is 4.84. The lowest BCUT2D eigenvalue weighted by molar-refractivity contribution is -0.119. The molecule has 0 unspecified atom stereocenters. The minimum Gasteiger partial charge on any atom is -0.359 e. The Kier molecular flexibility index (Phi) is 14.8. The fraction of sp³-hybridized carbons (Fsp3) is 0.400. The lowest BCUT2D eigenvalue weighted by atomic mass is 10.1. The second kappa shape index (κ2) is 14.8. The van der Waals surface area contributed by atoms with Gasteiger partial charge in [-0.05, 0) is 36.6 Å². The largest absolute Gasteiger partial charge is 0.359 e. The van der Waals surface area contributed by atoms with Gasteiger partial charge in [0.05, 0.1) is 6.42 Å². The van der Waals surface area contributed by atoms with Gasteiger partial charge in [0.1, 0.15) is 0 Å². The molecule has 0 saturated heterocycles. The first-order chi connectivity index (χ1) is 10.7. The Morgan fingerprint density at radius 2 is 1.74 bits per heavy atom. The van der Waals surface area contributed by atoms with E-state index < -0.39 is 0 Å². The van der Waals surface area contributed by atoms with Crippen molar-refractivity contribution in [2.45, 2.75) is 48.0 Å². The summed E-state index contributed by atoms with van der Waals surface area (Å²) >= 11 is 0. The summed E-state index contributed by atoms with van der Waals surface area (Å²) in [6.07, 6.45) is 3.43. The van der Waals surface area contributed by atoms with Gasteiger partial charge in [0.2, 0.25) is 5.91 Å². The van der Waals surface area contributed by atoms with E-state index in [9.17, 15) is 4.79 Å². The predicted molar refractivity (Wildman–Crippen MR) is 103 cm³/mol. The first-order valence-corrected chi connectivity index (χ1v) is 7.81. The van der Waals surface area contributed by atoms with E-state index in [1.54, 1.807) is 7.05 Å². The molecule has 0 aliphatic rings. The third kappa shape index (κ3) is 11.1. The van der Waals surface area contributed by atoms with Crippen LogP contribution in [0.1, 0.15) is 46.4 Å². The van der Waals surface area contributed by atoms with Gasteiger partial charge < -0.3 is 5.32 Å². The maximum Gasteiger partial charge on any atom is 0.224 e. The van der Waals surface area contributed by atoms with E-state index in [2.05, 4.69) is 23.3 Å². The Morgan fingerprint density at radius 3 is 2.17 bits per heavy atom. The van der Waals surface area contributed by atoms with E-state index in [0.717, 1.165) is 17.7 Å². The van der Waals surface area contributed by atoms with Gasteiger partial charge in [0, 0.05) is 20.4 Å². The van der Waals surface area contributed by atoms with Crippen molar-refractivity contribution in [3.63, 3.8) is 0 Å². The number of nitrogens with zero attached hydrogens (tertiary/aromatic N) is 1. The zero-order valence-corrected chi connectivity index (χ0v) is 14.4. The van der Waals surface area contributed by atoms with Crippen LogP contribution in [0.4, 0.5) is 0 Å². The summed E-state index contributed by atoms with van der Waals surface area (Å²) in [6.45, 7) is 8.16. The second-order valence-corrected chi connectivity index (χ2v) is 4.49. The molecule has 0 bridgehead atoms. The molecule has 23 heavy (non-hydrogen) atoms. The van der Waals surface area contributed by atoms with Crippen molar-refractivity contribution in [2.24, 2.45) is 0 Å². The molecule has 0 atom stereocenters. The third-order valence-corrected chi connectivity index (χ3v) is 2.86. The van der Waals surface area contributed by atoms with E-state index in [4.69, 9.17) is 0 Å². The standard InChI is InChI=1S/C9H11NO.C8H11N.C2H6.CH4.H2/c1-10-9(11)7-8-5-3-2-4-6-8;1-3-8-4-5-9-7(2)6-8;1-2;;/h2-6H,7H2,1H3,(H,10,11);4-6H,3H2,1-2H3;1-2H3;1H4;1H/i;;;;1+1. The average Bonchev–Trinajstić information content (AvgIpc) is 2.58. The van der Waals surface area contributed by atoms with Gasteiger partial charge >= 0.3 is 0 Å². The number of carbonyl (C=O) groups is 1. The van der Waals surface area contributed by atoms with Crippen LogP contribution in [0.5, 0.6) is 0 Å². The van der Waals surface area contributed by atoms with Crippen LogP contribution in [-0.4, -0.2) is 17.9 Å². The van der Waals surface area contributed by atoms with Crippen LogP contribution < -0.4 is 5.32 Å². The van der Waals surface area contributed by atoms with Gasteiger partial charge in [-0.1, -0.05) is 58.5 Å². The van der Waals surface area contributed by atoms with Crippen molar-refractivity contribution in [1.82, 2.24) is 10.3 Å². The molecule has 0 saturated carbocycles. The fourth-order valence-electron chi connectivity index (χ4n) is 1.69. The lowest BCUT2D eigenvalue weighted by Gasteiger charge is -1.98. The molecule has 1 N–H and O–H groups in total. The number of hydrogen-bond acceptors (Lipinski definition) is 2. The van der Waals surface area contributed by atoms with Crippen molar-refractivity contribution in [2.75, 3.05) is 7.05 Å². The van der Waals surface area contributed by atoms with E-state index in [-0.39, 0.29) is 14.8 Å². The van der Waals surface area contributed by atoms with Gasteiger partial charge in [-0.15, -0.1) is 0 Å².